The van der Waals surface area contributed by atoms with Gasteiger partial charge < -0.3 is 4.90 Å². The number of carbonyl (C=O) groups excluding carboxylic acids is 1. The molecule has 0 saturated heterocycles. The highest BCUT2D eigenvalue weighted by Crippen LogP contribution is 2.40. The summed E-state index contributed by atoms with van der Waals surface area (Å²) in [5.74, 6) is 0.732. The summed E-state index contributed by atoms with van der Waals surface area (Å²) in [6.45, 7) is 4.14. The van der Waals surface area contributed by atoms with E-state index in [0.29, 0.717) is 35.2 Å². The molecule has 31 heavy (non-hydrogen) atoms. The van der Waals surface area contributed by atoms with Gasteiger partial charge in [0.25, 0.3) is 5.91 Å². The van der Waals surface area contributed by atoms with E-state index in [0.717, 1.165) is 18.4 Å². The Balaban J connectivity index is 0.00000272. The van der Waals surface area contributed by atoms with Gasteiger partial charge in [0, 0.05) is 18.3 Å². The summed E-state index contributed by atoms with van der Waals surface area (Å²) in [5.41, 5.74) is 1.66. The van der Waals surface area contributed by atoms with Gasteiger partial charge in [-0.15, -0.1) is 0 Å². The van der Waals surface area contributed by atoms with Crippen molar-refractivity contribution in [2.75, 3.05) is 6.54 Å². The first-order chi connectivity index (χ1) is 14.5. The van der Waals surface area contributed by atoms with Crippen LogP contribution in [0.15, 0.2) is 42.9 Å². The Labute approximate surface area is 187 Å². The van der Waals surface area contributed by atoms with Crippen LogP contribution in [0.4, 0.5) is 4.39 Å². The molecule has 0 bridgehead atoms. The number of amides is 1. The fourth-order valence-corrected chi connectivity index (χ4v) is 3.58. The highest BCUT2D eigenvalue weighted by molar-refractivity contribution is 7.59. The summed E-state index contributed by atoms with van der Waals surface area (Å²) in [5, 5.41) is 13.2. The fraction of sp³-hybridized carbons (Fsp3) is 0.318. The Morgan fingerprint density at radius 2 is 2.10 bits per heavy atom. The highest BCUT2D eigenvalue weighted by atomic mass is 32.1. The molecule has 0 spiro atoms. The van der Waals surface area contributed by atoms with Crippen LogP contribution in [0, 0.1) is 17.1 Å². The van der Waals surface area contributed by atoms with E-state index in [4.69, 9.17) is 5.26 Å². The zero-order chi connectivity index (χ0) is 21.3. The minimum absolute atomic E-state index is 0. The molecule has 4 rings (SSSR count). The Hall–Kier alpha value is -3.25. The third-order valence-electron chi connectivity index (χ3n) is 5.33. The van der Waals surface area contributed by atoms with Crippen LogP contribution in [-0.2, 0) is 0 Å². The first kappa shape index (κ1) is 22.4. The van der Waals surface area contributed by atoms with E-state index in [1.165, 1.54) is 24.7 Å². The van der Waals surface area contributed by atoms with E-state index >= 15 is 0 Å². The van der Waals surface area contributed by atoms with Gasteiger partial charge >= 0.3 is 0 Å². The lowest BCUT2D eigenvalue weighted by Gasteiger charge is -2.28. The monoisotopic (exact) mass is 438 g/mol. The maximum Gasteiger partial charge on any atom is 0.254 e. The van der Waals surface area contributed by atoms with Crippen molar-refractivity contribution in [3.63, 3.8) is 0 Å². The lowest BCUT2D eigenvalue weighted by Crippen LogP contribution is -2.35. The van der Waals surface area contributed by atoms with Crippen LogP contribution in [0.25, 0.3) is 5.82 Å². The van der Waals surface area contributed by atoms with Gasteiger partial charge in [-0.1, -0.05) is 0 Å². The van der Waals surface area contributed by atoms with Gasteiger partial charge in [-0.25, -0.2) is 14.4 Å². The van der Waals surface area contributed by atoms with Crippen molar-refractivity contribution < 1.29 is 9.18 Å². The molecule has 7 nitrogen and oxygen atoms in total. The quantitative estimate of drug-likeness (QED) is 0.583. The molecule has 0 unspecified atom stereocenters. The fourth-order valence-electron chi connectivity index (χ4n) is 3.58. The molecule has 1 fully saturated rings. The summed E-state index contributed by atoms with van der Waals surface area (Å²) < 4.78 is 15.7. The molecule has 1 amide bonds. The highest BCUT2D eigenvalue weighted by Gasteiger charge is 2.29. The molecule has 3 aromatic rings. The van der Waals surface area contributed by atoms with Gasteiger partial charge in [0.1, 0.15) is 18.2 Å². The molecule has 1 atom stereocenters. The predicted molar refractivity (Wildman–Crippen MR) is 118 cm³/mol. The first-order valence-electron chi connectivity index (χ1n) is 9.89. The average Bonchev–Trinajstić information content (AvgIpc) is 3.50. The molecule has 1 saturated carbocycles. The molecule has 0 aliphatic heterocycles. The Bertz CT molecular complexity index is 1120. The summed E-state index contributed by atoms with van der Waals surface area (Å²) in [6, 6.07) is 9.53. The van der Waals surface area contributed by atoms with E-state index in [9.17, 15) is 9.18 Å². The van der Waals surface area contributed by atoms with Crippen LogP contribution >= 0.6 is 13.5 Å². The van der Waals surface area contributed by atoms with Crippen molar-refractivity contribution in [2.45, 2.75) is 38.6 Å². The predicted octanol–water partition coefficient (Wildman–Crippen LogP) is 3.89. The summed E-state index contributed by atoms with van der Waals surface area (Å²) >= 11 is 0. The zero-order valence-electron chi connectivity index (χ0n) is 17.3. The van der Waals surface area contributed by atoms with Crippen molar-refractivity contribution in [2.24, 2.45) is 0 Å². The van der Waals surface area contributed by atoms with Crippen molar-refractivity contribution in [3.05, 3.63) is 71.2 Å². The second-order valence-corrected chi connectivity index (χ2v) is 7.36. The molecular weight excluding hydrogens is 415 g/mol. The van der Waals surface area contributed by atoms with E-state index in [1.54, 1.807) is 27.8 Å². The molecule has 1 aromatic carbocycles. The van der Waals surface area contributed by atoms with Crippen LogP contribution in [-0.4, -0.2) is 37.1 Å². The van der Waals surface area contributed by atoms with Crippen LogP contribution in [0.1, 0.15) is 66.0 Å². The minimum Gasteiger partial charge on any atom is -0.329 e. The van der Waals surface area contributed by atoms with E-state index in [-0.39, 0.29) is 19.4 Å². The van der Waals surface area contributed by atoms with Gasteiger partial charge in [-0.2, -0.15) is 28.5 Å². The second-order valence-electron chi connectivity index (χ2n) is 7.36. The number of hydrogen-bond donors (Lipinski definition) is 0. The average molecular weight is 439 g/mol. The lowest BCUT2D eigenvalue weighted by atomic mass is 10.0. The number of aromatic nitrogens is 4. The maximum absolute atomic E-state index is 14.1. The summed E-state index contributed by atoms with van der Waals surface area (Å²) in [7, 11) is 0. The lowest BCUT2D eigenvalue weighted by molar-refractivity contribution is 0.0692. The number of benzene rings is 1. The van der Waals surface area contributed by atoms with E-state index in [2.05, 4.69) is 15.1 Å². The van der Waals surface area contributed by atoms with Gasteiger partial charge in [0.2, 0.25) is 0 Å². The minimum atomic E-state index is -0.421. The van der Waals surface area contributed by atoms with Gasteiger partial charge in [-0.3, -0.25) is 4.79 Å². The third kappa shape index (κ3) is 4.59. The van der Waals surface area contributed by atoms with Crippen LogP contribution in [0.3, 0.4) is 0 Å². The summed E-state index contributed by atoms with van der Waals surface area (Å²) in [6.07, 6.45) is 4.93. The molecular formula is C22H23FN6OS. The third-order valence-corrected chi connectivity index (χ3v) is 5.33. The second kappa shape index (κ2) is 9.27. The number of nitriles is 1. The Morgan fingerprint density at radius 1 is 1.32 bits per heavy atom. The molecule has 160 valence electrons. The molecule has 2 heterocycles. The largest absolute Gasteiger partial charge is 0.329 e. The number of carbonyl (C=O) groups is 1. The van der Waals surface area contributed by atoms with Crippen molar-refractivity contribution in [1.82, 2.24) is 24.6 Å². The van der Waals surface area contributed by atoms with Crippen molar-refractivity contribution in [1.29, 1.82) is 5.26 Å². The van der Waals surface area contributed by atoms with Gasteiger partial charge in [0.15, 0.2) is 11.6 Å². The molecule has 0 radical (unpaired) electrons. The Kier molecular flexibility index (Phi) is 6.71. The van der Waals surface area contributed by atoms with Gasteiger partial charge in [-0.05, 0) is 68.5 Å². The number of hydrogen-bond acceptors (Lipinski definition) is 5. The SMILES string of the molecule is CCN(C(=O)c1cc(F)cc(C2CC2)c1)[C@H](C)c1ncnn1-c1ccc(C#N)cn1.S. The van der Waals surface area contributed by atoms with Crippen LogP contribution in [0.5, 0.6) is 0 Å². The topological polar surface area (TPSA) is 87.7 Å². The number of pyridine rings is 1. The molecule has 9 heteroatoms. The Morgan fingerprint density at radius 3 is 2.71 bits per heavy atom. The molecule has 1 aliphatic carbocycles. The number of halogens is 1. The summed E-state index contributed by atoms with van der Waals surface area (Å²) in [4.78, 5) is 23.5. The number of nitrogens with zero attached hydrogens (tertiary/aromatic N) is 6. The van der Waals surface area contributed by atoms with Gasteiger partial charge in [0.05, 0.1) is 11.6 Å². The van der Waals surface area contributed by atoms with E-state index in [1.807, 2.05) is 19.9 Å². The first-order valence-corrected chi connectivity index (χ1v) is 9.89. The standard InChI is InChI=1S/C22H21FN6O.H2S/c1-3-28(22(30)18-8-17(16-5-6-16)9-19(23)10-18)14(2)21-26-13-27-29(21)20-7-4-15(11-24)12-25-20;/h4,7-10,12-14,16H,3,5-6H2,1-2H3;1H2/t14-;/m1./s1. The van der Waals surface area contributed by atoms with E-state index < -0.39 is 11.9 Å². The van der Waals surface area contributed by atoms with Crippen LogP contribution in [0.2, 0.25) is 0 Å². The smallest absolute Gasteiger partial charge is 0.254 e. The van der Waals surface area contributed by atoms with Crippen LogP contribution < -0.4 is 0 Å². The normalized spacial score (nSPS) is 13.7. The van der Waals surface area contributed by atoms with Crippen molar-refractivity contribution >= 4 is 19.4 Å². The van der Waals surface area contributed by atoms with Crippen molar-refractivity contribution in [3.8, 4) is 11.9 Å². The molecule has 1 aliphatic rings. The zero-order valence-corrected chi connectivity index (χ0v) is 18.3. The number of rotatable bonds is 6. The molecule has 2 aromatic heterocycles. The molecule has 0 N–H and O–H groups in total. The maximum atomic E-state index is 14.1.